The molecule has 2 aromatic rings. The van der Waals surface area contributed by atoms with Crippen molar-refractivity contribution in [3.63, 3.8) is 0 Å². The maximum absolute atomic E-state index is 5.70. The molecule has 0 spiro atoms. The van der Waals surface area contributed by atoms with Crippen LogP contribution in [-0.4, -0.2) is 4.70 Å². The van der Waals surface area contributed by atoms with E-state index in [-0.39, 0.29) is 0 Å². The van der Waals surface area contributed by atoms with E-state index in [4.69, 9.17) is 9.47 Å². The number of hydrogen-bond acceptors (Lipinski definition) is 2. The third-order valence-corrected chi connectivity index (χ3v) is 2.41. The van der Waals surface area contributed by atoms with Gasteiger partial charge in [-0.1, -0.05) is 36.4 Å². The smallest absolute Gasteiger partial charge is 0.305 e. The number of alkyl halides is 1. The first-order chi connectivity index (χ1) is 8.16. The van der Waals surface area contributed by atoms with Crippen molar-refractivity contribution in [2.24, 2.45) is 0 Å². The Labute approximate surface area is 109 Å². The Morgan fingerprint density at radius 3 is 1.47 bits per heavy atom. The minimum Gasteiger partial charge on any atom is -0.443 e. The molecule has 0 radical (unpaired) electrons. The van der Waals surface area contributed by atoms with Crippen LogP contribution in [-0.2, 0) is 0 Å². The molecule has 0 aliphatic rings. The quantitative estimate of drug-likeness (QED) is 0.621. The third-order valence-electron chi connectivity index (χ3n) is 2.09. The Balaban J connectivity index is 2.04. The summed E-state index contributed by atoms with van der Waals surface area (Å²) in [4.78, 5) is 0. The van der Waals surface area contributed by atoms with Crippen LogP contribution in [0.25, 0.3) is 0 Å². The van der Waals surface area contributed by atoms with Crippen LogP contribution in [0.1, 0.15) is 6.92 Å². The van der Waals surface area contributed by atoms with Crippen LogP contribution in [0.2, 0.25) is 0 Å². The van der Waals surface area contributed by atoms with Crippen LogP contribution in [0.15, 0.2) is 60.7 Å². The molecule has 0 amide bonds. The molecule has 2 aromatic carbocycles. The lowest BCUT2D eigenvalue weighted by Gasteiger charge is -2.25. The van der Waals surface area contributed by atoms with Gasteiger partial charge in [-0.05, 0) is 24.3 Å². The second-order valence-electron chi connectivity index (χ2n) is 3.67. The highest BCUT2D eigenvalue weighted by atomic mass is 79.9. The molecule has 3 heteroatoms. The SMILES string of the molecule is CC(Br)(Oc1ccccc1)Oc1ccccc1. The standard InChI is InChI=1S/C14H13BrO2/c1-14(15,16-12-8-4-2-5-9-12)17-13-10-6-3-7-11-13/h2-11H,1H3. The van der Waals surface area contributed by atoms with Crippen LogP contribution < -0.4 is 9.47 Å². The zero-order chi connectivity index (χ0) is 12.1. The van der Waals surface area contributed by atoms with E-state index >= 15 is 0 Å². The predicted molar refractivity (Wildman–Crippen MR) is 71.5 cm³/mol. The minimum absolute atomic E-state index is 0.753. The van der Waals surface area contributed by atoms with Crippen LogP contribution in [0.4, 0.5) is 0 Å². The highest BCUT2D eigenvalue weighted by Gasteiger charge is 2.24. The first-order valence-electron chi connectivity index (χ1n) is 5.33. The van der Waals surface area contributed by atoms with Crippen LogP contribution in [0, 0.1) is 0 Å². The summed E-state index contributed by atoms with van der Waals surface area (Å²) in [6.07, 6.45) is 0. The number of rotatable bonds is 4. The molecule has 0 fully saturated rings. The second-order valence-corrected chi connectivity index (χ2v) is 5.11. The van der Waals surface area contributed by atoms with Crippen molar-refractivity contribution in [3.05, 3.63) is 60.7 Å². The molecule has 0 aliphatic carbocycles. The molecular formula is C14H13BrO2. The molecule has 2 rings (SSSR count). The number of para-hydroxylation sites is 2. The monoisotopic (exact) mass is 292 g/mol. The maximum Gasteiger partial charge on any atom is 0.305 e. The van der Waals surface area contributed by atoms with Crippen molar-refractivity contribution in [1.82, 2.24) is 0 Å². The fourth-order valence-electron chi connectivity index (χ4n) is 1.42. The summed E-state index contributed by atoms with van der Waals surface area (Å²) < 4.78 is 10.5. The van der Waals surface area contributed by atoms with Gasteiger partial charge in [0.05, 0.1) is 0 Å². The first-order valence-corrected chi connectivity index (χ1v) is 6.12. The molecule has 0 saturated heterocycles. The highest BCUT2D eigenvalue weighted by molar-refractivity contribution is 9.10. The van der Waals surface area contributed by atoms with Crippen molar-refractivity contribution < 1.29 is 9.47 Å². The van der Waals surface area contributed by atoms with Crippen molar-refractivity contribution >= 4 is 15.9 Å². The van der Waals surface area contributed by atoms with Crippen molar-refractivity contribution in [1.29, 1.82) is 0 Å². The largest absolute Gasteiger partial charge is 0.443 e. The van der Waals surface area contributed by atoms with Gasteiger partial charge < -0.3 is 9.47 Å². The molecule has 0 unspecified atom stereocenters. The molecule has 0 aliphatic heterocycles. The molecule has 0 N–H and O–H groups in total. The van der Waals surface area contributed by atoms with E-state index in [0.717, 1.165) is 11.5 Å². The Kier molecular flexibility index (Phi) is 3.69. The fourth-order valence-corrected chi connectivity index (χ4v) is 1.79. The summed E-state index contributed by atoms with van der Waals surface area (Å²) >= 11 is 3.41. The normalized spacial score (nSPS) is 10.9. The lowest BCUT2D eigenvalue weighted by Crippen LogP contribution is -2.31. The van der Waals surface area contributed by atoms with E-state index in [1.807, 2.05) is 67.6 Å². The van der Waals surface area contributed by atoms with Gasteiger partial charge in [0.2, 0.25) is 0 Å². The van der Waals surface area contributed by atoms with Gasteiger partial charge in [-0.3, -0.25) is 0 Å². The van der Waals surface area contributed by atoms with E-state index < -0.39 is 4.70 Å². The van der Waals surface area contributed by atoms with Crippen molar-refractivity contribution in [3.8, 4) is 11.5 Å². The van der Waals surface area contributed by atoms with E-state index in [0.29, 0.717) is 0 Å². The van der Waals surface area contributed by atoms with Gasteiger partial charge in [0.1, 0.15) is 11.5 Å². The first kappa shape index (κ1) is 12.0. The predicted octanol–water partition coefficient (Wildman–Crippen LogP) is 4.21. The highest BCUT2D eigenvalue weighted by Crippen LogP contribution is 2.27. The zero-order valence-electron chi connectivity index (χ0n) is 9.47. The van der Waals surface area contributed by atoms with Gasteiger partial charge in [0.25, 0.3) is 0 Å². The summed E-state index contributed by atoms with van der Waals surface area (Å²) in [5.41, 5.74) is 0. The minimum atomic E-state index is -0.879. The summed E-state index contributed by atoms with van der Waals surface area (Å²) in [6.45, 7) is 1.81. The average molecular weight is 293 g/mol. The Morgan fingerprint density at radius 1 is 0.765 bits per heavy atom. The van der Waals surface area contributed by atoms with Crippen molar-refractivity contribution in [2.45, 2.75) is 11.6 Å². The van der Waals surface area contributed by atoms with E-state index in [1.54, 1.807) is 0 Å². The van der Waals surface area contributed by atoms with Gasteiger partial charge in [0.15, 0.2) is 0 Å². The second kappa shape index (κ2) is 5.23. The average Bonchev–Trinajstić information content (AvgIpc) is 2.30. The summed E-state index contributed by atoms with van der Waals surface area (Å²) in [5, 5.41) is 0. The molecule has 0 bridgehead atoms. The van der Waals surface area contributed by atoms with Gasteiger partial charge in [-0.25, -0.2) is 0 Å². The van der Waals surface area contributed by atoms with Crippen LogP contribution in [0.3, 0.4) is 0 Å². The number of benzene rings is 2. The summed E-state index contributed by atoms with van der Waals surface area (Å²) in [6, 6.07) is 19.1. The van der Waals surface area contributed by atoms with Gasteiger partial charge in [0, 0.05) is 22.9 Å². The number of ether oxygens (including phenoxy) is 2. The number of hydrogen-bond donors (Lipinski definition) is 0. The molecule has 2 nitrogen and oxygen atoms in total. The molecule has 0 heterocycles. The van der Waals surface area contributed by atoms with E-state index in [1.165, 1.54) is 0 Å². The molecular weight excluding hydrogens is 280 g/mol. The summed E-state index contributed by atoms with van der Waals surface area (Å²) in [5.74, 6) is 1.51. The number of halogens is 1. The Hall–Kier alpha value is -1.48. The third kappa shape index (κ3) is 3.79. The lowest BCUT2D eigenvalue weighted by molar-refractivity contribution is -0.00568. The van der Waals surface area contributed by atoms with Crippen LogP contribution in [0.5, 0.6) is 11.5 Å². The summed E-state index contributed by atoms with van der Waals surface area (Å²) in [7, 11) is 0. The van der Waals surface area contributed by atoms with Gasteiger partial charge in [-0.2, -0.15) is 0 Å². The Morgan fingerprint density at radius 2 is 1.12 bits per heavy atom. The van der Waals surface area contributed by atoms with Crippen molar-refractivity contribution in [2.75, 3.05) is 0 Å². The zero-order valence-corrected chi connectivity index (χ0v) is 11.1. The van der Waals surface area contributed by atoms with E-state index in [2.05, 4.69) is 15.9 Å². The molecule has 88 valence electrons. The van der Waals surface area contributed by atoms with E-state index in [9.17, 15) is 0 Å². The molecule has 17 heavy (non-hydrogen) atoms. The lowest BCUT2D eigenvalue weighted by atomic mass is 10.3. The Bertz CT molecular complexity index is 411. The molecule has 0 aromatic heterocycles. The topological polar surface area (TPSA) is 18.5 Å². The van der Waals surface area contributed by atoms with Crippen LogP contribution >= 0.6 is 15.9 Å². The maximum atomic E-state index is 5.70. The fraction of sp³-hybridized carbons (Fsp3) is 0.143. The van der Waals surface area contributed by atoms with Gasteiger partial charge in [-0.15, -0.1) is 0 Å². The molecule has 0 atom stereocenters. The van der Waals surface area contributed by atoms with Gasteiger partial charge >= 0.3 is 4.70 Å². The molecule has 0 saturated carbocycles.